The molecule has 5 nitrogen and oxygen atoms in total. The van der Waals surface area contributed by atoms with E-state index >= 15 is 0 Å². The monoisotopic (exact) mass is 264 g/mol. The normalized spacial score (nSPS) is 25.1. The molecule has 2 heterocycles. The minimum atomic E-state index is 0.646. The van der Waals surface area contributed by atoms with Crippen LogP contribution in [0.2, 0.25) is 0 Å². The molecule has 106 valence electrons. The predicted molar refractivity (Wildman–Crippen MR) is 74.0 cm³/mol. The van der Waals surface area contributed by atoms with Crippen LogP contribution < -0.4 is 10.2 Å². The van der Waals surface area contributed by atoms with Crippen LogP contribution in [-0.2, 0) is 6.54 Å². The van der Waals surface area contributed by atoms with Gasteiger partial charge in [-0.3, -0.25) is 0 Å². The van der Waals surface area contributed by atoms with Crippen molar-refractivity contribution in [1.82, 2.24) is 15.5 Å². The van der Waals surface area contributed by atoms with Crippen molar-refractivity contribution in [3.8, 4) is 0 Å². The fourth-order valence-corrected chi connectivity index (χ4v) is 3.55. The number of nitrogens with zero attached hydrogens (tertiary/aromatic N) is 3. The van der Waals surface area contributed by atoms with E-state index in [1.165, 1.54) is 38.5 Å². The molecule has 1 unspecified atom stereocenters. The molecule has 2 fully saturated rings. The second kappa shape index (κ2) is 5.90. The van der Waals surface area contributed by atoms with Gasteiger partial charge in [-0.2, -0.15) is 0 Å². The largest absolute Gasteiger partial charge is 0.407 e. The molecule has 1 aliphatic carbocycles. The van der Waals surface area contributed by atoms with Crippen LogP contribution in [0.5, 0.6) is 0 Å². The van der Waals surface area contributed by atoms with Crippen molar-refractivity contribution >= 4 is 6.01 Å². The molecule has 0 spiro atoms. The summed E-state index contributed by atoms with van der Waals surface area (Å²) < 4.78 is 5.68. The third-order valence-electron chi connectivity index (χ3n) is 4.60. The standard InChI is InChI=1S/C14H24N4O/c1-15-9-13-16-17-14(19-13)18-8-7-12(10-18)11-5-3-2-4-6-11/h11-12,15H,2-10H2,1H3. The van der Waals surface area contributed by atoms with E-state index in [2.05, 4.69) is 20.4 Å². The first-order valence-corrected chi connectivity index (χ1v) is 7.58. The van der Waals surface area contributed by atoms with Crippen molar-refractivity contribution in [2.45, 2.75) is 45.1 Å². The smallest absolute Gasteiger partial charge is 0.318 e. The molecule has 2 aliphatic rings. The lowest BCUT2D eigenvalue weighted by Crippen LogP contribution is -2.24. The van der Waals surface area contributed by atoms with Crippen LogP contribution in [-0.4, -0.2) is 30.3 Å². The quantitative estimate of drug-likeness (QED) is 0.903. The van der Waals surface area contributed by atoms with Gasteiger partial charge in [-0.15, -0.1) is 5.10 Å². The van der Waals surface area contributed by atoms with Crippen LogP contribution in [0.4, 0.5) is 6.01 Å². The molecule has 0 radical (unpaired) electrons. The minimum absolute atomic E-state index is 0.646. The second-order valence-corrected chi connectivity index (χ2v) is 5.90. The zero-order chi connectivity index (χ0) is 13.1. The second-order valence-electron chi connectivity index (χ2n) is 5.90. The molecule has 1 saturated heterocycles. The number of nitrogens with one attached hydrogen (secondary N) is 1. The van der Waals surface area contributed by atoms with E-state index in [4.69, 9.17) is 4.42 Å². The first-order valence-electron chi connectivity index (χ1n) is 7.58. The minimum Gasteiger partial charge on any atom is -0.407 e. The summed E-state index contributed by atoms with van der Waals surface area (Å²) in [5.41, 5.74) is 0. The topological polar surface area (TPSA) is 54.2 Å². The number of hydrogen-bond donors (Lipinski definition) is 1. The summed E-state index contributed by atoms with van der Waals surface area (Å²) in [6.45, 7) is 2.82. The van der Waals surface area contributed by atoms with Gasteiger partial charge in [-0.1, -0.05) is 37.2 Å². The Hall–Kier alpha value is -1.10. The molecule has 1 aromatic rings. The van der Waals surface area contributed by atoms with Gasteiger partial charge in [0.15, 0.2) is 0 Å². The molecule has 1 aromatic heterocycles. The van der Waals surface area contributed by atoms with E-state index in [-0.39, 0.29) is 0 Å². The van der Waals surface area contributed by atoms with Gasteiger partial charge in [0.2, 0.25) is 5.89 Å². The fourth-order valence-electron chi connectivity index (χ4n) is 3.55. The van der Waals surface area contributed by atoms with Crippen molar-refractivity contribution in [2.24, 2.45) is 11.8 Å². The van der Waals surface area contributed by atoms with E-state index in [1.807, 2.05) is 7.05 Å². The molecule has 0 bridgehead atoms. The van der Waals surface area contributed by atoms with Crippen LogP contribution in [0.15, 0.2) is 4.42 Å². The molecule has 0 amide bonds. The van der Waals surface area contributed by atoms with Crippen LogP contribution >= 0.6 is 0 Å². The molecule has 1 atom stereocenters. The van der Waals surface area contributed by atoms with Gasteiger partial charge in [-0.05, 0) is 25.3 Å². The Morgan fingerprint density at radius 3 is 2.79 bits per heavy atom. The maximum absolute atomic E-state index is 5.68. The highest BCUT2D eigenvalue weighted by atomic mass is 16.4. The van der Waals surface area contributed by atoms with E-state index < -0.39 is 0 Å². The Morgan fingerprint density at radius 1 is 1.16 bits per heavy atom. The molecule has 0 aromatic carbocycles. The summed E-state index contributed by atoms with van der Waals surface area (Å²) in [5, 5.41) is 11.3. The summed E-state index contributed by atoms with van der Waals surface area (Å²) in [5.74, 6) is 2.44. The lowest BCUT2D eigenvalue weighted by molar-refractivity contribution is 0.264. The molecule has 1 saturated carbocycles. The van der Waals surface area contributed by atoms with Crippen LogP contribution in [0, 0.1) is 11.8 Å². The summed E-state index contributed by atoms with van der Waals surface area (Å²) in [6.07, 6.45) is 8.42. The van der Waals surface area contributed by atoms with Gasteiger partial charge in [0.1, 0.15) is 0 Å². The maximum Gasteiger partial charge on any atom is 0.318 e. The first-order chi connectivity index (χ1) is 9.36. The van der Waals surface area contributed by atoms with Crippen molar-refractivity contribution in [2.75, 3.05) is 25.0 Å². The van der Waals surface area contributed by atoms with Gasteiger partial charge in [0.05, 0.1) is 6.54 Å². The highest BCUT2D eigenvalue weighted by Crippen LogP contribution is 2.36. The molecule has 19 heavy (non-hydrogen) atoms. The van der Waals surface area contributed by atoms with Gasteiger partial charge in [-0.25, -0.2) is 0 Å². The van der Waals surface area contributed by atoms with Crippen LogP contribution in [0.3, 0.4) is 0 Å². The third kappa shape index (κ3) is 2.91. The van der Waals surface area contributed by atoms with Crippen molar-refractivity contribution in [3.63, 3.8) is 0 Å². The number of hydrogen-bond acceptors (Lipinski definition) is 5. The lowest BCUT2D eigenvalue weighted by atomic mass is 9.80. The van der Waals surface area contributed by atoms with Crippen molar-refractivity contribution < 1.29 is 4.42 Å². The molecule has 3 rings (SSSR count). The molecule has 5 heteroatoms. The van der Waals surface area contributed by atoms with Crippen molar-refractivity contribution in [1.29, 1.82) is 0 Å². The molecular weight excluding hydrogens is 240 g/mol. The number of anilines is 1. The first kappa shape index (κ1) is 12.9. The van der Waals surface area contributed by atoms with Crippen LogP contribution in [0.1, 0.15) is 44.4 Å². The van der Waals surface area contributed by atoms with Gasteiger partial charge < -0.3 is 14.6 Å². The number of aromatic nitrogens is 2. The van der Waals surface area contributed by atoms with Crippen molar-refractivity contribution in [3.05, 3.63) is 5.89 Å². The highest BCUT2D eigenvalue weighted by Gasteiger charge is 2.32. The Morgan fingerprint density at radius 2 is 2.00 bits per heavy atom. The van der Waals surface area contributed by atoms with E-state index in [0.717, 1.165) is 24.9 Å². The Bertz CT molecular complexity index is 400. The zero-order valence-corrected chi connectivity index (χ0v) is 11.8. The van der Waals surface area contributed by atoms with Crippen LogP contribution in [0.25, 0.3) is 0 Å². The Kier molecular flexibility index (Phi) is 4.01. The average molecular weight is 264 g/mol. The predicted octanol–water partition coefficient (Wildman–Crippen LogP) is 2.20. The zero-order valence-electron chi connectivity index (χ0n) is 11.8. The summed E-state index contributed by atoms with van der Waals surface area (Å²) in [4.78, 5) is 2.27. The number of rotatable bonds is 4. The Labute approximate surface area is 114 Å². The van der Waals surface area contributed by atoms with Gasteiger partial charge in [0.25, 0.3) is 0 Å². The molecular formula is C14H24N4O. The average Bonchev–Trinajstić information content (AvgIpc) is 3.08. The lowest BCUT2D eigenvalue weighted by Gasteiger charge is -2.27. The SMILES string of the molecule is CNCc1nnc(N2CCC(C3CCCCC3)C2)o1. The van der Waals surface area contributed by atoms with E-state index in [9.17, 15) is 0 Å². The third-order valence-corrected chi connectivity index (χ3v) is 4.60. The van der Waals surface area contributed by atoms with Gasteiger partial charge >= 0.3 is 6.01 Å². The van der Waals surface area contributed by atoms with E-state index in [1.54, 1.807) is 0 Å². The fraction of sp³-hybridized carbons (Fsp3) is 0.857. The maximum atomic E-state index is 5.68. The molecule has 1 aliphatic heterocycles. The molecule has 1 N–H and O–H groups in total. The Balaban J connectivity index is 1.58. The summed E-state index contributed by atoms with van der Waals surface area (Å²) >= 11 is 0. The highest BCUT2D eigenvalue weighted by molar-refractivity contribution is 5.26. The van der Waals surface area contributed by atoms with Gasteiger partial charge in [0, 0.05) is 13.1 Å². The summed E-state index contributed by atoms with van der Waals surface area (Å²) in [7, 11) is 1.89. The summed E-state index contributed by atoms with van der Waals surface area (Å²) in [6, 6.07) is 0.712. The van der Waals surface area contributed by atoms with E-state index in [0.29, 0.717) is 18.5 Å².